The minimum atomic E-state index is -0.0819. The molecule has 0 spiro atoms. The van der Waals surface area contributed by atoms with Crippen LogP contribution in [0.2, 0.25) is 0 Å². The third kappa shape index (κ3) is 4.44. The monoisotopic (exact) mass is 269 g/mol. The molecular formula is C16H31NO2. The Morgan fingerprint density at radius 3 is 2.47 bits per heavy atom. The number of ether oxygens (including phenoxy) is 1. The fourth-order valence-electron chi connectivity index (χ4n) is 3.98. The maximum absolute atomic E-state index is 10.3. The summed E-state index contributed by atoms with van der Waals surface area (Å²) in [5, 5.41) is 10.3. The number of nitrogens with zero attached hydrogens (tertiary/aromatic N) is 1. The molecule has 1 N–H and O–H groups in total. The van der Waals surface area contributed by atoms with E-state index < -0.39 is 0 Å². The molecule has 2 fully saturated rings. The van der Waals surface area contributed by atoms with Crippen LogP contribution in [-0.4, -0.2) is 48.0 Å². The number of hydrogen-bond acceptors (Lipinski definition) is 3. The molecule has 1 aliphatic carbocycles. The number of morpholine rings is 1. The van der Waals surface area contributed by atoms with Crippen molar-refractivity contribution in [2.24, 2.45) is 11.8 Å². The molecule has 1 aliphatic heterocycles. The van der Waals surface area contributed by atoms with Gasteiger partial charge in [-0.3, -0.25) is 4.90 Å². The lowest BCUT2D eigenvalue weighted by Crippen LogP contribution is -2.49. The van der Waals surface area contributed by atoms with Gasteiger partial charge in [-0.2, -0.15) is 0 Å². The van der Waals surface area contributed by atoms with E-state index in [0.29, 0.717) is 18.1 Å². The van der Waals surface area contributed by atoms with Crippen molar-refractivity contribution in [3.63, 3.8) is 0 Å². The Kier molecular flexibility index (Phi) is 5.67. The van der Waals surface area contributed by atoms with Gasteiger partial charge < -0.3 is 9.84 Å². The zero-order valence-electron chi connectivity index (χ0n) is 12.8. The fourth-order valence-corrected chi connectivity index (χ4v) is 3.98. The Balaban J connectivity index is 1.85. The summed E-state index contributed by atoms with van der Waals surface area (Å²) in [5.74, 6) is 1.32. The Labute approximate surface area is 118 Å². The Morgan fingerprint density at radius 1 is 1.16 bits per heavy atom. The fraction of sp³-hybridized carbons (Fsp3) is 1.00. The average Bonchev–Trinajstić information content (AvgIpc) is 2.32. The molecule has 19 heavy (non-hydrogen) atoms. The predicted octanol–water partition coefficient (Wildman–Crippen LogP) is 2.67. The molecule has 5 unspecified atom stereocenters. The summed E-state index contributed by atoms with van der Waals surface area (Å²) in [7, 11) is 0. The van der Waals surface area contributed by atoms with Crippen LogP contribution < -0.4 is 0 Å². The number of aliphatic hydroxyl groups excluding tert-OH is 1. The molecular weight excluding hydrogens is 238 g/mol. The smallest absolute Gasteiger partial charge is 0.0678 e. The van der Waals surface area contributed by atoms with Crippen LogP contribution in [0.25, 0.3) is 0 Å². The van der Waals surface area contributed by atoms with Crippen LogP contribution in [0.4, 0.5) is 0 Å². The van der Waals surface area contributed by atoms with Crippen molar-refractivity contribution in [1.29, 1.82) is 0 Å². The van der Waals surface area contributed by atoms with Gasteiger partial charge in [-0.15, -0.1) is 0 Å². The van der Waals surface area contributed by atoms with Gasteiger partial charge in [0.2, 0.25) is 0 Å². The molecule has 0 radical (unpaired) electrons. The van der Waals surface area contributed by atoms with Gasteiger partial charge in [0.05, 0.1) is 18.3 Å². The van der Waals surface area contributed by atoms with E-state index in [2.05, 4.69) is 25.7 Å². The minimum absolute atomic E-state index is 0.0819. The first-order valence-electron chi connectivity index (χ1n) is 8.14. The van der Waals surface area contributed by atoms with Crippen molar-refractivity contribution in [3.05, 3.63) is 0 Å². The van der Waals surface area contributed by atoms with Crippen molar-refractivity contribution in [2.45, 2.75) is 71.2 Å². The highest BCUT2D eigenvalue weighted by Gasteiger charge is 2.32. The first-order chi connectivity index (χ1) is 9.08. The Hall–Kier alpha value is -0.120. The van der Waals surface area contributed by atoms with Crippen LogP contribution in [0.1, 0.15) is 52.9 Å². The lowest BCUT2D eigenvalue weighted by atomic mass is 9.77. The van der Waals surface area contributed by atoms with Crippen LogP contribution in [-0.2, 0) is 4.74 Å². The Bertz CT molecular complexity index is 261. The van der Waals surface area contributed by atoms with Gasteiger partial charge >= 0.3 is 0 Å². The van der Waals surface area contributed by atoms with Crippen molar-refractivity contribution in [2.75, 3.05) is 19.6 Å². The molecule has 1 saturated heterocycles. The van der Waals surface area contributed by atoms with Crippen LogP contribution in [0, 0.1) is 11.8 Å². The summed E-state index contributed by atoms with van der Waals surface area (Å²) in [6.07, 6.45) is 6.63. The maximum Gasteiger partial charge on any atom is 0.0678 e. The SMILES string of the molecule is CCCC1CCC(O)C(CN2CC(C)OC(C)C2)C1. The second-order valence-electron chi connectivity index (χ2n) is 6.77. The normalized spacial score (nSPS) is 41.4. The molecule has 0 aromatic heterocycles. The number of aliphatic hydroxyl groups is 1. The van der Waals surface area contributed by atoms with E-state index in [0.717, 1.165) is 32.0 Å². The second-order valence-corrected chi connectivity index (χ2v) is 6.77. The molecule has 112 valence electrons. The highest BCUT2D eigenvalue weighted by Crippen LogP contribution is 2.33. The van der Waals surface area contributed by atoms with Crippen molar-refractivity contribution in [1.82, 2.24) is 4.90 Å². The standard InChI is InChI=1S/C16H31NO2/c1-4-5-14-6-7-16(18)15(8-14)11-17-9-12(2)19-13(3)10-17/h12-16,18H,4-11H2,1-3H3. The van der Waals surface area contributed by atoms with E-state index in [9.17, 15) is 5.11 Å². The van der Waals surface area contributed by atoms with E-state index in [4.69, 9.17) is 4.74 Å². The van der Waals surface area contributed by atoms with Crippen molar-refractivity contribution < 1.29 is 9.84 Å². The topological polar surface area (TPSA) is 32.7 Å². The largest absolute Gasteiger partial charge is 0.393 e. The molecule has 1 heterocycles. The highest BCUT2D eigenvalue weighted by molar-refractivity contribution is 4.84. The van der Waals surface area contributed by atoms with Crippen LogP contribution in [0.3, 0.4) is 0 Å². The van der Waals surface area contributed by atoms with E-state index in [1.54, 1.807) is 0 Å². The van der Waals surface area contributed by atoms with Gasteiger partial charge in [0.15, 0.2) is 0 Å². The van der Waals surface area contributed by atoms with E-state index in [1.807, 2.05) is 0 Å². The summed E-state index contributed by atoms with van der Waals surface area (Å²) in [5.41, 5.74) is 0. The van der Waals surface area contributed by atoms with Crippen molar-refractivity contribution >= 4 is 0 Å². The van der Waals surface area contributed by atoms with E-state index in [1.165, 1.54) is 25.7 Å². The van der Waals surface area contributed by atoms with E-state index in [-0.39, 0.29) is 6.10 Å². The van der Waals surface area contributed by atoms with Crippen molar-refractivity contribution in [3.8, 4) is 0 Å². The molecule has 5 atom stereocenters. The van der Waals surface area contributed by atoms with Gasteiger partial charge in [-0.1, -0.05) is 19.8 Å². The number of hydrogen-bond donors (Lipinski definition) is 1. The molecule has 3 nitrogen and oxygen atoms in total. The minimum Gasteiger partial charge on any atom is -0.393 e. The molecule has 0 aromatic carbocycles. The third-order valence-corrected chi connectivity index (χ3v) is 4.74. The van der Waals surface area contributed by atoms with Gasteiger partial charge in [-0.05, 0) is 44.9 Å². The summed E-state index contributed by atoms with van der Waals surface area (Å²) >= 11 is 0. The van der Waals surface area contributed by atoms with Gasteiger partial charge in [0.1, 0.15) is 0 Å². The highest BCUT2D eigenvalue weighted by atomic mass is 16.5. The average molecular weight is 269 g/mol. The van der Waals surface area contributed by atoms with Crippen LogP contribution in [0.15, 0.2) is 0 Å². The predicted molar refractivity (Wildman–Crippen MR) is 78.2 cm³/mol. The molecule has 3 heteroatoms. The van der Waals surface area contributed by atoms with Gasteiger partial charge in [0, 0.05) is 19.6 Å². The molecule has 0 bridgehead atoms. The summed E-state index contributed by atoms with van der Waals surface area (Å²) in [6.45, 7) is 9.67. The number of rotatable bonds is 4. The zero-order valence-corrected chi connectivity index (χ0v) is 12.8. The van der Waals surface area contributed by atoms with Gasteiger partial charge in [0.25, 0.3) is 0 Å². The summed E-state index contributed by atoms with van der Waals surface area (Å²) < 4.78 is 5.79. The quantitative estimate of drug-likeness (QED) is 0.851. The first kappa shape index (κ1) is 15.3. The third-order valence-electron chi connectivity index (χ3n) is 4.74. The molecule has 2 aliphatic rings. The molecule has 2 rings (SSSR count). The lowest BCUT2D eigenvalue weighted by molar-refractivity contribution is -0.0804. The van der Waals surface area contributed by atoms with E-state index >= 15 is 0 Å². The Morgan fingerprint density at radius 2 is 1.84 bits per heavy atom. The summed E-state index contributed by atoms with van der Waals surface area (Å²) in [4.78, 5) is 2.50. The molecule has 1 saturated carbocycles. The maximum atomic E-state index is 10.3. The molecule has 0 amide bonds. The lowest BCUT2D eigenvalue weighted by Gasteiger charge is -2.40. The van der Waals surface area contributed by atoms with Crippen LogP contribution in [0.5, 0.6) is 0 Å². The second kappa shape index (κ2) is 7.05. The first-order valence-corrected chi connectivity index (χ1v) is 8.14. The van der Waals surface area contributed by atoms with Gasteiger partial charge in [-0.25, -0.2) is 0 Å². The molecule has 0 aromatic rings. The summed E-state index contributed by atoms with van der Waals surface area (Å²) in [6, 6.07) is 0. The zero-order chi connectivity index (χ0) is 13.8. The van der Waals surface area contributed by atoms with Crippen LogP contribution >= 0.6 is 0 Å².